The number of Topliss-reactive ketones (excluding diaryl/α,β-unsaturated/α-hetero) is 1. The number of aliphatic hydroxyl groups excluding tert-OH is 1. The molecule has 2 N–H and O–H groups in total. The number of ketones is 1. The van der Waals surface area contributed by atoms with Crippen molar-refractivity contribution in [3.05, 3.63) is 40.1 Å². The van der Waals surface area contributed by atoms with Crippen LogP contribution in [0.1, 0.15) is 28.1 Å². The van der Waals surface area contributed by atoms with Gasteiger partial charge in [0.1, 0.15) is 0 Å². The molecule has 1 aromatic heterocycles. The minimum Gasteiger partial charge on any atom is -0.493 e. The summed E-state index contributed by atoms with van der Waals surface area (Å²) in [4.78, 5) is 14.4. The van der Waals surface area contributed by atoms with Crippen molar-refractivity contribution in [3.63, 3.8) is 0 Å². The summed E-state index contributed by atoms with van der Waals surface area (Å²) in [7, 11) is 4.59. The van der Waals surface area contributed by atoms with Gasteiger partial charge in [-0.05, 0) is 36.4 Å². The van der Waals surface area contributed by atoms with Crippen molar-refractivity contribution < 1.29 is 24.1 Å². The van der Waals surface area contributed by atoms with Crippen LogP contribution in [0.3, 0.4) is 0 Å². The molecule has 3 rings (SSSR count). The minimum atomic E-state index is -0.332. The molecule has 1 aliphatic rings. The molecule has 2 atom stereocenters. The lowest BCUT2D eigenvalue weighted by Crippen LogP contribution is -2.30. The maximum atomic E-state index is 13.2. The van der Waals surface area contributed by atoms with Crippen LogP contribution < -0.4 is 19.5 Å². The van der Waals surface area contributed by atoms with Crippen LogP contribution in [-0.2, 0) is 5.41 Å². The highest BCUT2D eigenvalue weighted by atomic mass is 32.1. The average molecular weight is 391 g/mol. The lowest BCUT2D eigenvalue weighted by Gasteiger charge is -2.26. The van der Waals surface area contributed by atoms with E-state index in [1.54, 1.807) is 23.5 Å². The first kappa shape index (κ1) is 19.7. The molecule has 7 heteroatoms. The first-order valence-corrected chi connectivity index (χ1v) is 9.69. The Balaban J connectivity index is 1.89. The molecule has 2 heterocycles. The number of thiophene rings is 1. The number of hydrogen-bond acceptors (Lipinski definition) is 7. The van der Waals surface area contributed by atoms with E-state index in [4.69, 9.17) is 14.2 Å². The number of carbonyl (C=O) groups is 1. The third-order valence-electron chi connectivity index (χ3n) is 5.18. The lowest BCUT2D eigenvalue weighted by molar-refractivity contribution is 0.0947. The van der Waals surface area contributed by atoms with Gasteiger partial charge in [-0.2, -0.15) is 0 Å². The predicted octanol–water partition coefficient (Wildman–Crippen LogP) is 2.64. The Morgan fingerprint density at radius 3 is 2.48 bits per heavy atom. The molecule has 0 amide bonds. The Kier molecular flexibility index (Phi) is 6.04. The molecule has 0 radical (unpaired) electrons. The summed E-state index contributed by atoms with van der Waals surface area (Å²) in [5.74, 6) is 1.35. The van der Waals surface area contributed by atoms with E-state index >= 15 is 0 Å². The summed E-state index contributed by atoms with van der Waals surface area (Å²) in [6.07, 6.45) is 1.27. The van der Waals surface area contributed by atoms with Crippen molar-refractivity contribution >= 4 is 17.1 Å². The summed E-state index contributed by atoms with van der Waals surface area (Å²) in [6, 6.07) is 7.12. The second-order valence-electron chi connectivity index (χ2n) is 6.65. The van der Waals surface area contributed by atoms with Crippen LogP contribution in [0.25, 0.3) is 0 Å². The SMILES string of the molecule is COc1cc(C(=O)C2CC(CCO)(c3cccs3)CN2)cc(OC)c1OC. The van der Waals surface area contributed by atoms with Crippen molar-refractivity contribution in [1.29, 1.82) is 0 Å². The summed E-state index contributed by atoms with van der Waals surface area (Å²) in [6.45, 7) is 0.750. The summed E-state index contributed by atoms with van der Waals surface area (Å²) >= 11 is 1.67. The van der Waals surface area contributed by atoms with Gasteiger partial charge in [0.15, 0.2) is 17.3 Å². The van der Waals surface area contributed by atoms with Gasteiger partial charge in [0.25, 0.3) is 0 Å². The molecule has 27 heavy (non-hydrogen) atoms. The Bertz CT molecular complexity index is 767. The van der Waals surface area contributed by atoms with Gasteiger partial charge in [-0.1, -0.05) is 6.07 Å². The highest BCUT2D eigenvalue weighted by molar-refractivity contribution is 7.10. The first-order valence-electron chi connectivity index (χ1n) is 8.81. The van der Waals surface area contributed by atoms with E-state index in [2.05, 4.69) is 11.4 Å². The second-order valence-corrected chi connectivity index (χ2v) is 7.59. The molecule has 0 aliphatic carbocycles. The summed E-state index contributed by atoms with van der Waals surface area (Å²) in [5.41, 5.74) is 0.289. The third-order valence-corrected chi connectivity index (χ3v) is 6.30. The van der Waals surface area contributed by atoms with Gasteiger partial charge in [0.2, 0.25) is 5.75 Å². The molecule has 0 saturated carbocycles. The highest BCUT2D eigenvalue weighted by Crippen LogP contribution is 2.42. The Morgan fingerprint density at radius 1 is 1.26 bits per heavy atom. The number of benzene rings is 1. The lowest BCUT2D eigenvalue weighted by atomic mass is 9.80. The molecule has 6 nitrogen and oxygen atoms in total. The van der Waals surface area contributed by atoms with Crippen molar-refractivity contribution in [2.24, 2.45) is 0 Å². The van der Waals surface area contributed by atoms with Crippen LogP contribution in [0, 0.1) is 0 Å². The topological polar surface area (TPSA) is 77.0 Å². The number of ether oxygens (including phenoxy) is 3. The fourth-order valence-electron chi connectivity index (χ4n) is 3.76. The maximum Gasteiger partial charge on any atom is 0.203 e. The largest absolute Gasteiger partial charge is 0.493 e. The van der Waals surface area contributed by atoms with Gasteiger partial charge in [0, 0.05) is 29.0 Å². The molecule has 2 aromatic rings. The Hall–Kier alpha value is -2.09. The molecular formula is C20H25NO5S. The number of hydrogen-bond donors (Lipinski definition) is 2. The van der Waals surface area contributed by atoms with Gasteiger partial charge in [0.05, 0.1) is 27.4 Å². The van der Waals surface area contributed by atoms with Crippen LogP contribution in [0.5, 0.6) is 17.2 Å². The van der Waals surface area contributed by atoms with Crippen LogP contribution >= 0.6 is 11.3 Å². The van der Waals surface area contributed by atoms with Crippen molar-refractivity contribution in [1.82, 2.24) is 5.32 Å². The quantitative estimate of drug-likeness (QED) is 0.674. The number of rotatable bonds is 8. The summed E-state index contributed by atoms with van der Waals surface area (Å²) < 4.78 is 16.1. The molecular weight excluding hydrogens is 366 g/mol. The fraction of sp³-hybridized carbons (Fsp3) is 0.450. The molecule has 0 spiro atoms. The summed E-state index contributed by atoms with van der Waals surface area (Å²) in [5, 5.41) is 15.0. The number of methoxy groups -OCH3 is 3. The van der Waals surface area contributed by atoms with Crippen LogP contribution in [0.4, 0.5) is 0 Å². The van der Waals surface area contributed by atoms with Crippen LogP contribution in [0.2, 0.25) is 0 Å². The van der Waals surface area contributed by atoms with Gasteiger partial charge in [-0.25, -0.2) is 0 Å². The zero-order valence-electron chi connectivity index (χ0n) is 15.8. The number of nitrogens with one attached hydrogen (secondary N) is 1. The molecule has 2 unspecified atom stereocenters. The van der Waals surface area contributed by atoms with E-state index in [-0.39, 0.29) is 23.8 Å². The zero-order valence-corrected chi connectivity index (χ0v) is 16.6. The predicted molar refractivity (Wildman–Crippen MR) is 105 cm³/mol. The van der Waals surface area contributed by atoms with Gasteiger partial charge in [-0.3, -0.25) is 4.79 Å². The molecule has 1 fully saturated rings. The standard InChI is InChI=1S/C20H25NO5S/c1-24-15-9-13(10-16(25-2)19(15)26-3)18(23)14-11-20(6-7-22,12-21-14)17-5-4-8-27-17/h4-5,8-10,14,21-22H,6-7,11-12H2,1-3H3. The normalized spacial score (nSPS) is 21.9. The zero-order chi connectivity index (χ0) is 19.4. The van der Waals surface area contributed by atoms with Gasteiger partial charge >= 0.3 is 0 Å². The Labute approximate surface area is 163 Å². The average Bonchev–Trinajstić information content (AvgIpc) is 3.37. The van der Waals surface area contributed by atoms with E-state index < -0.39 is 0 Å². The van der Waals surface area contributed by atoms with Gasteiger partial charge < -0.3 is 24.6 Å². The minimum absolute atomic E-state index is 0.0226. The van der Waals surface area contributed by atoms with Crippen molar-refractivity contribution in [2.45, 2.75) is 24.3 Å². The van der Waals surface area contributed by atoms with Gasteiger partial charge in [-0.15, -0.1) is 11.3 Å². The molecule has 0 bridgehead atoms. The molecule has 1 saturated heterocycles. The van der Waals surface area contributed by atoms with E-state index in [1.165, 1.54) is 26.2 Å². The molecule has 146 valence electrons. The smallest absolute Gasteiger partial charge is 0.203 e. The van der Waals surface area contributed by atoms with Crippen molar-refractivity contribution in [2.75, 3.05) is 34.5 Å². The molecule has 1 aromatic carbocycles. The second kappa shape index (κ2) is 8.29. The highest BCUT2D eigenvalue weighted by Gasteiger charge is 2.43. The maximum absolute atomic E-state index is 13.2. The van der Waals surface area contributed by atoms with Crippen LogP contribution in [0.15, 0.2) is 29.6 Å². The van der Waals surface area contributed by atoms with E-state index in [0.717, 1.165) is 0 Å². The fourth-order valence-corrected chi connectivity index (χ4v) is 4.73. The number of aliphatic hydroxyl groups is 1. The van der Waals surface area contributed by atoms with Crippen LogP contribution in [-0.4, -0.2) is 51.4 Å². The number of carbonyl (C=O) groups excluding carboxylic acids is 1. The van der Waals surface area contributed by atoms with E-state index in [1.807, 2.05) is 11.4 Å². The Morgan fingerprint density at radius 2 is 1.96 bits per heavy atom. The van der Waals surface area contributed by atoms with E-state index in [9.17, 15) is 9.90 Å². The monoisotopic (exact) mass is 391 g/mol. The first-order chi connectivity index (χ1) is 13.1. The molecule has 1 aliphatic heterocycles. The van der Waals surface area contributed by atoms with E-state index in [0.29, 0.717) is 42.2 Å². The third kappa shape index (κ3) is 3.67. The van der Waals surface area contributed by atoms with Crippen molar-refractivity contribution in [3.8, 4) is 17.2 Å².